The monoisotopic (exact) mass is 315 g/mol. The molecule has 2 N–H and O–H groups in total. The highest BCUT2D eigenvalue weighted by Gasteiger charge is 2.24. The van der Waals surface area contributed by atoms with Crippen molar-refractivity contribution in [1.82, 2.24) is 14.2 Å². The lowest BCUT2D eigenvalue weighted by Crippen LogP contribution is -2.38. The van der Waals surface area contributed by atoms with Crippen molar-refractivity contribution in [2.24, 2.45) is 0 Å². The summed E-state index contributed by atoms with van der Waals surface area (Å²) in [5.74, 6) is 0. The smallest absolute Gasteiger partial charge is 0.242 e. The highest BCUT2D eigenvalue weighted by Crippen LogP contribution is 2.17. The van der Waals surface area contributed by atoms with Crippen molar-refractivity contribution in [3.8, 4) is 0 Å². The number of aliphatic hydroxyl groups is 1. The van der Waals surface area contributed by atoms with Gasteiger partial charge in [0.05, 0.1) is 11.5 Å². The van der Waals surface area contributed by atoms with Crippen LogP contribution in [0.4, 0.5) is 0 Å². The number of nitrogens with one attached hydrogen (secondary N) is 1. The van der Waals surface area contributed by atoms with Gasteiger partial charge in [-0.1, -0.05) is 6.92 Å². The minimum Gasteiger partial charge on any atom is -0.390 e. The summed E-state index contributed by atoms with van der Waals surface area (Å²) in [5.41, 5.74) is 0.634. The zero-order valence-electron chi connectivity index (χ0n) is 12.7. The van der Waals surface area contributed by atoms with Crippen LogP contribution in [0, 0.1) is 0 Å². The Kier molecular flexibility index (Phi) is 5.43. The zero-order chi connectivity index (χ0) is 15.5. The number of hydrogen-bond donors (Lipinski definition) is 2. The van der Waals surface area contributed by atoms with Gasteiger partial charge in [-0.2, -0.15) is 0 Å². The molecule has 0 bridgehead atoms. The lowest BCUT2D eigenvalue weighted by Gasteiger charge is -2.19. The Morgan fingerprint density at radius 3 is 2.81 bits per heavy atom. The van der Waals surface area contributed by atoms with E-state index in [1.165, 1.54) is 0 Å². The molecule has 1 fully saturated rings. The van der Waals surface area contributed by atoms with Crippen molar-refractivity contribution in [2.75, 3.05) is 20.1 Å². The first-order valence-corrected chi connectivity index (χ1v) is 8.96. The number of aryl methyl sites for hydroxylation is 1. The van der Waals surface area contributed by atoms with Crippen LogP contribution < -0.4 is 4.72 Å². The van der Waals surface area contributed by atoms with E-state index in [-0.39, 0.29) is 17.5 Å². The molecule has 120 valence electrons. The highest BCUT2D eigenvalue weighted by molar-refractivity contribution is 7.89. The molecule has 0 spiro atoms. The van der Waals surface area contributed by atoms with Crippen molar-refractivity contribution in [1.29, 1.82) is 0 Å². The van der Waals surface area contributed by atoms with Gasteiger partial charge in [-0.25, -0.2) is 13.1 Å². The maximum Gasteiger partial charge on any atom is 0.242 e. The Morgan fingerprint density at radius 2 is 2.24 bits per heavy atom. The first-order valence-electron chi connectivity index (χ1n) is 7.47. The first kappa shape index (κ1) is 16.5. The third-order valence-corrected chi connectivity index (χ3v) is 5.47. The van der Waals surface area contributed by atoms with Crippen LogP contribution in [-0.4, -0.2) is 49.2 Å². The van der Waals surface area contributed by atoms with Gasteiger partial charge < -0.3 is 14.6 Å². The summed E-state index contributed by atoms with van der Waals surface area (Å²) < 4.78 is 29.2. The van der Waals surface area contributed by atoms with E-state index >= 15 is 0 Å². The van der Waals surface area contributed by atoms with Gasteiger partial charge in [0, 0.05) is 31.0 Å². The van der Waals surface area contributed by atoms with E-state index in [9.17, 15) is 13.5 Å². The molecule has 0 aromatic carbocycles. The summed E-state index contributed by atoms with van der Waals surface area (Å²) in [6.07, 6.45) is 4.64. The van der Waals surface area contributed by atoms with Crippen LogP contribution in [0.1, 0.15) is 31.9 Å². The minimum atomic E-state index is -3.51. The Labute approximate surface area is 126 Å². The summed E-state index contributed by atoms with van der Waals surface area (Å²) in [5, 5.41) is 9.32. The van der Waals surface area contributed by atoms with Crippen molar-refractivity contribution < 1.29 is 13.5 Å². The molecule has 1 atom stereocenters. The third kappa shape index (κ3) is 3.85. The van der Waals surface area contributed by atoms with Gasteiger partial charge in [0.2, 0.25) is 10.0 Å². The zero-order valence-corrected chi connectivity index (χ0v) is 13.6. The van der Waals surface area contributed by atoms with Gasteiger partial charge in [-0.15, -0.1) is 0 Å². The van der Waals surface area contributed by atoms with Crippen LogP contribution in [0.25, 0.3) is 0 Å². The van der Waals surface area contributed by atoms with Gasteiger partial charge in [-0.3, -0.25) is 0 Å². The van der Waals surface area contributed by atoms with Crippen LogP contribution in [0.15, 0.2) is 17.2 Å². The number of aromatic nitrogens is 1. The van der Waals surface area contributed by atoms with E-state index in [0.29, 0.717) is 18.8 Å². The molecule has 1 saturated heterocycles. The predicted molar refractivity (Wildman–Crippen MR) is 81.5 cm³/mol. The number of likely N-dealkylation sites (tertiary alicyclic amines) is 1. The SMILES string of the molecule is CCCn1cc(S(=O)(=O)NCC2CCCN2C)cc1CO. The summed E-state index contributed by atoms with van der Waals surface area (Å²) in [6, 6.07) is 1.82. The van der Waals surface area contributed by atoms with E-state index in [2.05, 4.69) is 9.62 Å². The number of nitrogens with zero attached hydrogens (tertiary/aromatic N) is 2. The standard InChI is InChI=1S/C14H25N3O3S/c1-3-6-17-10-14(8-13(17)11-18)21(19,20)15-9-12-5-4-7-16(12)2/h8,10,12,15,18H,3-7,9,11H2,1-2H3. The maximum atomic E-state index is 12.4. The second kappa shape index (κ2) is 6.91. The minimum absolute atomic E-state index is 0.152. The van der Waals surface area contributed by atoms with Gasteiger partial charge in [0.25, 0.3) is 0 Å². The van der Waals surface area contributed by atoms with Gasteiger partial charge >= 0.3 is 0 Å². The number of rotatable bonds is 7. The topological polar surface area (TPSA) is 74.6 Å². The Morgan fingerprint density at radius 1 is 1.48 bits per heavy atom. The average molecular weight is 315 g/mol. The Bertz CT molecular complexity index is 568. The molecule has 0 radical (unpaired) electrons. The molecule has 2 rings (SSSR count). The van der Waals surface area contributed by atoms with E-state index in [1.54, 1.807) is 16.8 Å². The molecule has 1 aromatic heterocycles. The molecule has 6 nitrogen and oxygen atoms in total. The van der Waals surface area contributed by atoms with Gasteiger partial charge in [-0.05, 0) is 38.9 Å². The highest BCUT2D eigenvalue weighted by atomic mass is 32.2. The molecule has 1 unspecified atom stereocenters. The summed E-state index contributed by atoms with van der Waals surface area (Å²) >= 11 is 0. The quantitative estimate of drug-likeness (QED) is 0.779. The lowest BCUT2D eigenvalue weighted by molar-refractivity contribution is 0.270. The number of likely N-dealkylation sites (N-methyl/N-ethyl adjacent to an activating group) is 1. The first-order chi connectivity index (χ1) is 9.97. The molecule has 7 heteroatoms. The van der Waals surface area contributed by atoms with Crippen molar-refractivity contribution in [2.45, 2.75) is 50.3 Å². The molecule has 21 heavy (non-hydrogen) atoms. The molecule has 1 aromatic rings. The fraction of sp³-hybridized carbons (Fsp3) is 0.714. The summed E-state index contributed by atoms with van der Waals surface area (Å²) in [7, 11) is -1.49. The molecular weight excluding hydrogens is 290 g/mol. The van der Waals surface area contributed by atoms with Gasteiger partial charge in [0.1, 0.15) is 0 Å². The van der Waals surface area contributed by atoms with Crippen molar-refractivity contribution in [3.63, 3.8) is 0 Å². The van der Waals surface area contributed by atoms with Crippen LogP contribution >= 0.6 is 0 Å². The number of sulfonamides is 1. The number of hydrogen-bond acceptors (Lipinski definition) is 4. The molecule has 0 saturated carbocycles. The fourth-order valence-corrected chi connectivity index (χ4v) is 3.92. The predicted octanol–water partition coefficient (Wildman–Crippen LogP) is 0.763. The van der Waals surface area contributed by atoms with Crippen LogP contribution in [0.3, 0.4) is 0 Å². The largest absolute Gasteiger partial charge is 0.390 e. The van der Waals surface area contributed by atoms with Crippen LogP contribution in [0.2, 0.25) is 0 Å². The Balaban J connectivity index is 2.08. The van der Waals surface area contributed by atoms with E-state index in [0.717, 1.165) is 25.8 Å². The van der Waals surface area contributed by atoms with Crippen LogP contribution in [0.5, 0.6) is 0 Å². The van der Waals surface area contributed by atoms with E-state index < -0.39 is 10.0 Å². The van der Waals surface area contributed by atoms with E-state index in [1.807, 2.05) is 14.0 Å². The molecule has 1 aliphatic rings. The molecule has 2 heterocycles. The normalized spacial score (nSPS) is 20.2. The Hall–Kier alpha value is -0.890. The van der Waals surface area contributed by atoms with Crippen molar-refractivity contribution in [3.05, 3.63) is 18.0 Å². The third-order valence-electron chi connectivity index (χ3n) is 4.08. The fourth-order valence-electron chi connectivity index (χ4n) is 2.78. The second-order valence-corrected chi connectivity index (χ2v) is 7.41. The van der Waals surface area contributed by atoms with E-state index in [4.69, 9.17) is 0 Å². The number of aliphatic hydroxyl groups excluding tert-OH is 1. The maximum absolute atomic E-state index is 12.4. The average Bonchev–Trinajstić information content (AvgIpc) is 3.04. The second-order valence-electron chi connectivity index (χ2n) is 5.65. The lowest BCUT2D eigenvalue weighted by atomic mass is 10.2. The molecular formula is C14H25N3O3S. The van der Waals surface area contributed by atoms with Crippen molar-refractivity contribution >= 4 is 10.0 Å². The van der Waals surface area contributed by atoms with Gasteiger partial charge in [0.15, 0.2) is 0 Å². The summed E-state index contributed by atoms with van der Waals surface area (Å²) in [4.78, 5) is 2.42. The van der Waals surface area contributed by atoms with Crippen LogP contribution in [-0.2, 0) is 23.2 Å². The summed E-state index contributed by atoms with van der Waals surface area (Å²) in [6.45, 7) is 4.03. The molecule has 0 amide bonds. The molecule has 1 aliphatic heterocycles. The molecule has 0 aliphatic carbocycles.